The van der Waals surface area contributed by atoms with Crippen molar-refractivity contribution < 1.29 is 0 Å². The van der Waals surface area contributed by atoms with Gasteiger partial charge in [0.1, 0.15) is 0 Å². The minimum atomic E-state index is -0.605. The molecule has 0 saturated heterocycles. The number of fused-ring (bicyclic) bond motifs is 15. The molecule has 14 rings (SSSR count). The smallest absolute Gasteiger partial charge is 0.0760 e. The second-order valence-electron chi connectivity index (χ2n) is 18.7. The molecule has 3 aliphatic rings. The SMILES string of the molecule is CC1(C)c2ccccc2-c2cc(N(c3ccccc3-c3ccccc3)c3ccccc3-c3cccc4c3C3(c5ccccc5-4)c4ccccc4-n4c5ccccc5c5cccc3c54)ccc21. The van der Waals surface area contributed by atoms with Crippen molar-refractivity contribution in [1.29, 1.82) is 0 Å². The Hall–Kier alpha value is -8.20. The minimum absolute atomic E-state index is 0.103. The summed E-state index contributed by atoms with van der Waals surface area (Å²) >= 11 is 0. The highest BCUT2D eigenvalue weighted by molar-refractivity contribution is 6.13. The fourth-order valence-corrected chi connectivity index (χ4v) is 12.5. The molecule has 0 amide bonds. The molecule has 0 fully saturated rings. The fraction of sp³-hybridized carbons (Fsp3) is 0.0625. The Morgan fingerprint density at radius 1 is 0.364 bits per heavy atom. The van der Waals surface area contributed by atoms with E-state index in [4.69, 9.17) is 0 Å². The molecule has 0 N–H and O–H groups in total. The van der Waals surface area contributed by atoms with Gasteiger partial charge >= 0.3 is 0 Å². The molecule has 1 aromatic heterocycles. The average Bonchev–Trinajstić information content (AvgIpc) is 3.96. The van der Waals surface area contributed by atoms with Crippen LogP contribution in [0.3, 0.4) is 0 Å². The summed E-state index contributed by atoms with van der Waals surface area (Å²) in [6.45, 7) is 4.73. The molecule has 310 valence electrons. The van der Waals surface area contributed by atoms with Crippen LogP contribution in [0.5, 0.6) is 0 Å². The maximum Gasteiger partial charge on any atom is 0.0760 e. The normalized spacial score (nSPS) is 15.6. The second kappa shape index (κ2) is 13.7. The zero-order valence-electron chi connectivity index (χ0n) is 36.8. The van der Waals surface area contributed by atoms with Crippen LogP contribution in [0.2, 0.25) is 0 Å². The molecule has 2 heterocycles. The number of hydrogen-bond acceptors (Lipinski definition) is 1. The molecule has 2 heteroatoms. The van der Waals surface area contributed by atoms with Crippen molar-refractivity contribution in [1.82, 2.24) is 4.57 Å². The Morgan fingerprint density at radius 3 is 1.70 bits per heavy atom. The summed E-state index contributed by atoms with van der Waals surface area (Å²) in [5.74, 6) is 0. The van der Waals surface area contributed by atoms with E-state index in [-0.39, 0.29) is 5.41 Å². The predicted molar refractivity (Wildman–Crippen MR) is 275 cm³/mol. The first-order chi connectivity index (χ1) is 32.5. The standard InChI is InChI=1S/C64H44N2/c1-63(2)52-30-11-6-24-45(52)51-40-42(38-39-53(51)63)65(57-34-14-8-22-43(57)41-20-4-3-5-21-41)58-35-15-9-25-46(58)49-28-18-27-48-44-23-7-12-31-54(44)64(61(48)49)55-32-13-17-37-60(55)66-59-36-16-10-26-47(59)50-29-19-33-56(64)62(50)66/h3-40H,1-2H3. The first-order valence-electron chi connectivity index (χ1n) is 23.2. The van der Waals surface area contributed by atoms with Gasteiger partial charge in [0.2, 0.25) is 0 Å². The molecule has 0 bridgehead atoms. The lowest BCUT2D eigenvalue weighted by atomic mass is 9.64. The van der Waals surface area contributed by atoms with Crippen molar-refractivity contribution in [2.24, 2.45) is 0 Å². The molecular weight excluding hydrogens is 797 g/mol. The number of aromatic nitrogens is 1. The number of anilines is 3. The topological polar surface area (TPSA) is 8.17 Å². The largest absolute Gasteiger partial charge is 0.309 e. The maximum absolute atomic E-state index is 2.54. The van der Waals surface area contributed by atoms with Crippen LogP contribution in [0.4, 0.5) is 17.1 Å². The Labute approximate surface area is 385 Å². The van der Waals surface area contributed by atoms with E-state index in [2.05, 4.69) is 254 Å². The van der Waals surface area contributed by atoms with E-state index >= 15 is 0 Å². The third-order valence-corrected chi connectivity index (χ3v) is 15.2. The van der Waals surface area contributed by atoms with Crippen molar-refractivity contribution in [2.75, 3.05) is 4.90 Å². The fourth-order valence-electron chi connectivity index (χ4n) is 12.5. The molecule has 1 aliphatic heterocycles. The van der Waals surface area contributed by atoms with Gasteiger partial charge in [0.05, 0.1) is 33.5 Å². The third kappa shape index (κ3) is 4.80. The number of nitrogens with zero attached hydrogens (tertiary/aromatic N) is 2. The summed E-state index contributed by atoms with van der Waals surface area (Å²) in [4.78, 5) is 2.54. The Balaban J connectivity index is 1.09. The Morgan fingerprint density at radius 2 is 0.894 bits per heavy atom. The van der Waals surface area contributed by atoms with Crippen LogP contribution >= 0.6 is 0 Å². The van der Waals surface area contributed by atoms with Crippen LogP contribution in [0.25, 0.3) is 72.0 Å². The van der Waals surface area contributed by atoms with Gasteiger partial charge in [-0.05, 0) is 103 Å². The molecule has 66 heavy (non-hydrogen) atoms. The van der Waals surface area contributed by atoms with Gasteiger partial charge in [-0.1, -0.05) is 208 Å². The first-order valence-corrected chi connectivity index (χ1v) is 23.2. The highest BCUT2D eigenvalue weighted by atomic mass is 15.1. The van der Waals surface area contributed by atoms with E-state index in [1.807, 2.05) is 0 Å². The molecule has 1 unspecified atom stereocenters. The van der Waals surface area contributed by atoms with Crippen molar-refractivity contribution in [2.45, 2.75) is 24.7 Å². The predicted octanol–water partition coefficient (Wildman–Crippen LogP) is 16.6. The van der Waals surface area contributed by atoms with Gasteiger partial charge < -0.3 is 9.47 Å². The lowest BCUT2D eigenvalue weighted by Gasteiger charge is -2.40. The maximum atomic E-state index is 2.54. The molecule has 0 radical (unpaired) electrons. The van der Waals surface area contributed by atoms with Crippen LogP contribution in [0.1, 0.15) is 47.2 Å². The molecule has 11 aromatic rings. The van der Waals surface area contributed by atoms with E-state index in [9.17, 15) is 0 Å². The molecule has 2 nitrogen and oxygen atoms in total. The molecule has 0 saturated carbocycles. The van der Waals surface area contributed by atoms with Gasteiger partial charge in [-0.3, -0.25) is 0 Å². The Kier molecular flexibility index (Phi) is 7.70. The molecule has 2 aliphatic carbocycles. The second-order valence-corrected chi connectivity index (χ2v) is 18.7. The molecule has 1 spiro atoms. The summed E-state index contributed by atoms with van der Waals surface area (Å²) in [5, 5.41) is 2.56. The van der Waals surface area contributed by atoms with Crippen molar-refractivity contribution in [3.05, 3.63) is 264 Å². The lowest BCUT2D eigenvalue weighted by Crippen LogP contribution is -2.34. The van der Waals surface area contributed by atoms with Crippen LogP contribution in [0, 0.1) is 0 Å². The van der Waals surface area contributed by atoms with E-state index in [1.165, 1.54) is 105 Å². The number of rotatable bonds is 5. The van der Waals surface area contributed by atoms with Crippen LogP contribution in [-0.4, -0.2) is 4.57 Å². The van der Waals surface area contributed by atoms with Gasteiger partial charge in [-0.2, -0.15) is 0 Å². The van der Waals surface area contributed by atoms with Crippen molar-refractivity contribution >= 4 is 38.9 Å². The molecular formula is C64H44N2. The first kappa shape index (κ1) is 37.2. The van der Waals surface area contributed by atoms with E-state index in [0.717, 1.165) is 17.1 Å². The highest BCUT2D eigenvalue weighted by Crippen LogP contribution is 2.64. The van der Waals surface area contributed by atoms with Gasteiger partial charge in [0.25, 0.3) is 0 Å². The molecule has 1 atom stereocenters. The Bertz CT molecular complexity index is 3810. The number of benzene rings is 10. The van der Waals surface area contributed by atoms with Crippen molar-refractivity contribution in [3.63, 3.8) is 0 Å². The average molecular weight is 841 g/mol. The van der Waals surface area contributed by atoms with Gasteiger partial charge in [0.15, 0.2) is 0 Å². The third-order valence-electron chi connectivity index (χ3n) is 15.2. The summed E-state index contributed by atoms with van der Waals surface area (Å²) in [6.07, 6.45) is 0. The monoisotopic (exact) mass is 840 g/mol. The zero-order valence-corrected chi connectivity index (χ0v) is 36.8. The van der Waals surface area contributed by atoms with Crippen LogP contribution in [0.15, 0.2) is 231 Å². The summed E-state index contributed by atoms with van der Waals surface area (Å²) in [6, 6.07) is 86.4. The summed E-state index contributed by atoms with van der Waals surface area (Å²) in [7, 11) is 0. The lowest BCUT2D eigenvalue weighted by molar-refractivity contribution is 0.660. The highest BCUT2D eigenvalue weighted by Gasteiger charge is 2.52. The van der Waals surface area contributed by atoms with Crippen LogP contribution in [-0.2, 0) is 10.8 Å². The minimum Gasteiger partial charge on any atom is -0.309 e. The number of para-hydroxylation sites is 5. The van der Waals surface area contributed by atoms with E-state index in [1.54, 1.807) is 0 Å². The number of hydrogen-bond donors (Lipinski definition) is 0. The zero-order chi connectivity index (χ0) is 43.7. The van der Waals surface area contributed by atoms with Gasteiger partial charge in [-0.25, -0.2) is 0 Å². The summed E-state index contributed by atoms with van der Waals surface area (Å²) < 4.78 is 2.54. The van der Waals surface area contributed by atoms with Gasteiger partial charge in [-0.15, -0.1) is 0 Å². The quantitative estimate of drug-likeness (QED) is 0.168. The van der Waals surface area contributed by atoms with Crippen molar-refractivity contribution in [3.8, 4) is 50.2 Å². The van der Waals surface area contributed by atoms with Gasteiger partial charge in [0, 0.05) is 33.0 Å². The molecule has 10 aromatic carbocycles. The van der Waals surface area contributed by atoms with E-state index < -0.39 is 5.41 Å². The van der Waals surface area contributed by atoms with Crippen LogP contribution < -0.4 is 4.90 Å². The van der Waals surface area contributed by atoms with E-state index in [0.29, 0.717) is 0 Å². The summed E-state index contributed by atoms with van der Waals surface area (Å²) in [5.41, 5.74) is 24.4.